The lowest BCUT2D eigenvalue weighted by atomic mass is 10.0. The number of nitrogens with zero attached hydrogens (tertiary/aromatic N) is 9. The Morgan fingerprint density at radius 3 is 0.701 bits per heavy atom. The van der Waals surface area contributed by atoms with Crippen molar-refractivity contribution >= 4 is 104 Å². The molecule has 0 aliphatic heterocycles. The van der Waals surface area contributed by atoms with Gasteiger partial charge < -0.3 is 30.7 Å². The Hall–Kier alpha value is -13.0. The number of benzene rings is 8. The summed E-state index contributed by atoms with van der Waals surface area (Å²) in [5.41, 5.74) is -1.84. The molecule has 0 unspecified atom stereocenters. The number of hydrogen-bond donors (Lipinski definition) is 3. The molecule has 8 aromatic carbocycles. The maximum atomic E-state index is 13.7. The number of hydrogen-bond acceptors (Lipinski definition) is 18. The van der Waals surface area contributed by atoms with Gasteiger partial charge in [-0.05, 0) is 72.8 Å². The van der Waals surface area contributed by atoms with Gasteiger partial charge in [0, 0.05) is 144 Å². The second-order valence-corrected chi connectivity index (χ2v) is 18.3. The minimum atomic E-state index is -0.815. The second kappa shape index (κ2) is 26.7. The molecule has 0 aromatic heterocycles. The second-order valence-electron chi connectivity index (χ2n) is 18.3. The lowest BCUT2D eigenvalue weighted by Crippen LogP contribution is -2.31. The Kier molecular flexibility index (Phi) is 18.9. The summed E-state index contributed by atoms with van der Waals surface area (Å²) in [5.74, 6) is -4.58. The van der Waals surface area contributed by atoms with Crippen molar-refractivity contribution in [2.75, 3.05) is 51.8 Å². The number of carbonyl (C=O) groups excluding carboxylic acids is 6. The van der Waals surface area contributed by atoms with E-state index in [0.717, 1.165) is 51.1 Å². The molecule has 438 valence electrons. The number of nitro groups is 6. The van der Waals surface area contributed by atoms with Gasteiger partial charge in [-0.2, -0.15) is 0 Å². The number of nitrogens with one attached hydrogen (secondary N) is 3. The highest BCUT2D eigenvalue weighted by Gasteiger charge is 2.26. The van der Waals surface area contributed by atoms with Gasteiger partial charge in [0.1, 0.15) is 0 Å². The minimum Gasteiger partial charge on any atom is -0.322 e. The summed E-state index contributed by atoms with van der Waals surface area (Å²) in [6.45, 7) is 0. The Morgan fingerprint density at radius 2 is 0.483 bits per heavy atom. The Balaban J connectivity index is 0.000000249. The van der Waals surface area contributed by atoms with Crippen LogP contribution in [0.25, 0.3) is 0 Å². The molecule has 0 atom stereocenters. The van der Waals surface area contributed by atoms with E-state index >= 15 is 0 Å². The quantitative estimate of drug-likeness (QED) is 0.0531. The number of anilines is 6. The van der Waals surface area contributed by atoms with E-state index in [1.807, 2.05) is 0 Å². The topological polar surface area (TPSA) is 407 Å². The van der Waals surface area contributed by atoms with Crippen LogP contribution in [0.2, 0.25) is 0 Å². The number of carbonyl (C=O) groups is 6. The van der Waals surface area contributed by atoms with Crippen LogP contribution in [0.3, 0.4) is 0 Å². The van der Waals surface area contributed by atoms with Crippen molar-refractivity contribution in [3.63, 3.8) is 0 Å². The maximum Gasteiger partial charge on any atom is 0.271 e. The fourth-order valence-electron chi connectivity index (χ4n) is 8.10. The molecule has 8 aromatic rings. The molecule has 8 rings (SSSR count). The SMILES string of the molecule is CN(C(=O)c1cc(C(=O)N(C)c2cccc([N+](=O)[O-])c2)cc(C(=O)N(C)c2cccc([N+](=O)[O-])c2)c1)c1cccc([N+](=O)[O-])c1.O=C(Nc1cccc([N+](=O)[O-])c1)c1cc(C(=O)Nc2cccc([N+](=O)[O-])c2)cc(C(=O)Nc2cccc([N+](=O)[O-])c2)c1. The molecule has 0 saturated carbocycles. The van der Waals surface area contributed by atoms with Gasteiger partial charge in [-0.15, -0.1) is 0 Å². The van der Waals surface area contributed by atoms with Gasteiger partial charge in [0.2, 0.25) is 0 Å². The third kappa shape index (κ3) is 15.3. The molecule has 0 bridgehead atoms. The molecule has 0 aliphatic carbocycles. The third-order valence-electron chi connectivity index (χ3n) is 12.5. The highest BCUT2D eigenvalue weighted by molar-refractivity contribution is 6.15. The van der Waals surface area contributed by atoms with Gasteiger partial charge in [0.25, 0.3) is 69.6 Å². The largest absolute Gasteiger partial charge is 0.322 e. The van der Waals surface area contributed by atoms with Crippen molar-refractivity contribution in [2.45, 2.75) is 0 Å². The van der Waals surface area contributed by atoms with Crippen LogP contribution < -0.4 is 30.7 Å². The van der Waals surface area contributed by atoms with E-state index in [2.05, 4.69) is 16.0 Å². The summed E-state index contributed by atoms with van der Waals surface area (Å²) in [6, 6.07) is 38.4. The zero-order chi connectivity index (χ0) is 63.4. The molecule has 87 heavy (non-hydrogen) atoms. The lowest BCUT2D eigenvalue weighted by molar-refractivity contribution is -0.385. The van der Waals surface area contributed by atoms with E-state index in [1.54, 1.807) is 0 Å². The summed E-state index contributed by atoms with van der Waals surface area (Å²) in [4.78, 5) is 147. The molecular weight excluding hydrogens is 1140 g/mol. The van der Waals surface area contributed by atoms with Crippen molar-refractivity contribution in [1.82, 2.24) is 0 Å². The zero-order valence-corrected chi connectivity index (χ0v) is 45.2. The van der Waals surface area contributed by atoms with Gasteiger partial charge in [-0.1, -0.05) is 36.4 Å². The average Bonchev–Trinajstić information content (AvgIpc) is 2.75. The molecule has 0 fully saturated rings. The van der Waals surface area contributed by atoms with Crippen molar-refractivity contribution in [2.24, 2.45) is 0 Å². The molecule has 30 nitrogen and oxygen atoms in total. The zero-order valence-electron chi connectivity index (χ0n) is 45.2. The predicted octanol–water partition coefficient (Wildman–Crippen LogP) is 10.4. The van der Waals surface area contributed by atoms with E-state index in [4.69, 9.17) is 0 Å². The Morgan fingerprint density at radius 1 is 0.287 bits per heavy atom. The van der Waals surface area contributed by atoms with Crippen LogP contribution in [0.5, 0.6) is 0 Å². The van der Waals surface area contributed by atoms with Crippen LogP contribution in [0, 0.1) is 60.7 Å². The smallest absolute Gasteiger partial charge is 0.271 e. The van der Waals surface area contributed by atoms with Gasteiger partial charge in [-0.3, -0.25) is 89.5 Å². The third-order valence-corrected chi connectivity index (χ3v) is 12.5. The number of nitro benzene ring substituents is 6. The maximum absolute atomic E-state index is 13.7. The van der Waals surface area contributed by atoms with Crippen molar-refractivity contribution in [3.05, 3.63) is 276 Å². The number of non-ortho nitro benzene ring substituents is 6. The number of amides is 6. The van der Waals surface area contributed by atoms with Crippen LogP contribution in [-0.4, -0.2) is 86.1 Å². The minimum absolute atomic E-state index is 0.0725. The van der Waals surface area contributed by atoms with Crippen molar-refractivity contribution < 1.29 is 58.3 Å². The summed E-state index contributed by atoms with van der Waals surface area (Å²) in [5, 5.41) is 74.5. The summed E-state index contributed by atoms with van der Waals surface area (Å²) >= 11 is 0. The summed E-state index contributed by atoms with van der Waals surface area (Å²) in [6.07, 6.45) is 0. The van der Waals surface area contributed by atoms with Gasteiger partial charge >= 0.3 is 0 Å². The van der Waals surface area contributed by atoms with E-state index < -0.39 is 65.0 Å². The van der Waals surface area contributed by atoms with Crippen LogP contribution in [0.4, 0.5) is 68.2 Å². The fourth-order valence-corrected chi connectivity index (χ4v) is 8.10. The monoisotopic (exact) mass is 1180 g/mol. The molecular formula is C57H42N12O18. The molecule has 3 N–H and O–H groups in total. The predicted molar refractivity (Wildman–Crippen MR) is 314 cm³/mol. The van der Waals surface area contributed by atoms with Crippen LogP contribution >= 0.6 is 0 Å². The molecule has 0 aliphatic rings. The van der Waals surface area contributed by atoms with Gasteiger partial charge in [-0.25, -0.2) is 0 Å². The first-order valence-corrected chi connectivity index (χ1v) is 24.8. The highest BCUT2D eigenvalue weighted by atomic mass is 16.6. The molecule has 0 heterocycles. The molecule has 0 saturated heterocycles. The fraction of sp³-hybridized carbons (Fsp3) is 0.0526. The van der Waals surface area contributed by atoms with Crippen LogP contribution in [-0.2, 0) is 0 Å². The Labute approximate surface area is 488 Å². The number of rotatable bonds is 18. The first-order chi connectivity index (χ1) is 41.3. The Bertz CT molecular complexity index is 3740. The van der Waals surface area contributed by atoms with Crippen molar-refractivity contribution in [3.8, 4) is 0 Å². The lowest BCUT2D eigenvalue weighted by Gasteiger charge is -2.22. The van der Waals surface area contributed by atoms with Crippen molar-refractivity contribution in [1.29, 1.82) is 0 Å². The van der Waals surface area contributed by atoms with E-state index in [-0.39, 0.29) is 102 Å². The van der Waals surface area contributed by atoms with E-state index in [1.165, 1.54) is 167 Å². The molecule has 0 radical (unpaired) electrons. The van der Waals surface area contributed by atoms with Crippen LogP contribution in [0.15, 0.2) is 182 Å². The van der Waals surface area contributed by atoms with E-state index in [0.29, 0.717) is 0 Å². The highest BCUT2D eigenvalue weighted by Crippen LogP contribution is 2.29. The summed E-state index contributed by atoms with van der Waals surface area (Å²) < 4.78 is 0. The molecule has 0 spiro atoms. The van der Waals surface area contributed by atoms with E-state index in [9.17, 15) is 89.5 Å². The van der Waals surface area contributed by atoms with Gasteiger partial charge in [0.05, 0.1) is 46.6 Å². The molecule has 6 amide bonds. The average molecular weight is 1180 g/mol. The normalized spacial score (nSPS) is 10.4. The standard InChI is InChI=1S/C30H24N6O9.C27H18N6O9/c1-31(22-7-4-10-25(16-22)34(40)41)28(37)19-13-20(29(38)32(2)23-8-5-11-26(17-23)35(42)43)15-21(14-19)30(39)33(3)24-9-6-12-27(18-24)36(44)45;34-25(28-19-4-1-7-22(13-19)31(37)38)16-10-17(26(35)29-20-5-2-8-23(14-20)32(39)40)12-18(11-16)27(36)30-21-6-3-9-24(15-21)33(41)42/h4-18H,1-3H3;1-15H,(H,28,34)(H,29,35)(H,30,36). The van der Waals surface area contributed by atoms with Crippen LogP contribution in [0.1, 0.15) is 62.1 Å². The molecule has 30 heteroatoms. The summed E-state index contributed by atoms with van der Waals surface area (Å²) in [7, 11) is 4.09. The first-order valence-electron chi connectivity index (χ1n) is 24.8. The van der Waals surface area contributed by atoms with Gasteiger partial charge in [0.15, 0.2) is 0 Å². The first kappa shape index (κ1) is 61.6.